The molecule has 2 aliphatic heterocycles. The summed E-state index contributed by atoms with van der Waals surface area (Å²) in [4.78, 5) is 23.4. The molecule has 0 saturated carbocycles. The molecule has 2 amide bonds. The second kappa shape index (κ2) is 5.87. The molecule has 5 heteroatoms. The number of thioether (sulfide) groups is 1. The Hall–Kier alpha value is -1.49. The van der Waals surface area contributed by atoms with Gasteiger partial charge >= 0.3 is 0 Å². The summed E-state index contributed by atoms with van der Waals surface area (Å²) in [6.45, 7) is 0.764. The van der Waals surface area contributed by atoms with Crippen molar-refractivity contribution in [3.8, 4) is 0 Å². The number of aryl methyl sites for hydroxylation is 1. The lowest BCUT2D eigenvalue weighted by Crippen LogP contribution is -2.29. The predicted octanol–water partition coefficient (Wildman–Crippen LogP) is 2.05. The average Bonchev–Trinajstić information content (AvgIpc) is 2.97. The van der Waals surface area contributed by atoms with E-state index in [9.17, 15) is 9.59 Å². The van der Waals surface area contributed by atoms with Crippen LogP contribution < -0.4 is 10.6 Å². The molecule has 1 fully saturated rings. The van der Waals surface area contributed by atoms with Crippen LogP contribution in [0.4, 0.5) is 5.69 Å². The van der Waals surface area contributed by atoms with Gasteiger partial charge < -0.3 is 10.6 Å². The molecule has 1 unspecified atom stereocenters. The Balaban J connectivity index is 1.64. The van der Waals surface area contributed by atoms with Crippen molar-refractivity contribution in [2.24, 2.45) is 5.92 Å². The van der Waals surface area contributed by atoms with Crippen LogP contribution >= 0.6 is 11.8 Å². The Kier molecular flexibility index (Phi) is 3.96. The Labute approximate surface area is 122 Å². The van der Waals surface area contributed by atoms with Crippen LogP contribution in [0.5, 0.6) is 0 Å². The summed E-state index contributed by atoms with van der Waals surface area (Å²) in [5.74, 6) is 3.01. The minimum Gasteiger partial charge on any atom is -0.352 e. The zero-order valence-corrected chi connectivity index (χ0v) is 12.1. The number of anilines is 1. The summed E-state index contributed by atoms with van der Waals surface area (Å²) in [5, 5.41) is 5.85. The summed E-state index contributed by atoms with van der Waals surface area (Å²) in [7, 11) is 0. The van der Waals surface area contributed by atoms with Gasteiger partial charge in [-0.05, 0) is 54.0 Å². The summed E-state index contributed by atoms with van der Waals surface area (Å²) >= 11 is 1.96. The molecule has 2 heterocycles. The van der Waals surface area contributed by atoms with E-state index in [1.807, 2.05) is 23.9 Å². The molecule has 0 aromatic heterocycles. The molecule has 0 bridgehead atoms. The summed E-state index contributed by atoms with van der Waals surface area (Å²) in [6.07, 6.45) is 2.40. The Bertz CT molecular complexity index is 539. The fraction of sp³-hybridized carbons (Fsp3) is 0.467. The number of carbonyl (C=O) groups is 2. The van der Waals surface area contributed by atoms with E-state index < -0.39 is 0 Å². The maximum Gasteiger partial charge on any atom is 0.251 e. The van der Waals surface area contributed by atoms with Crippen molar-refractivity contribution in [3.05, 3.63) is 29.3 Å². The van der Waals surface area contributed by atoms with E-state index >= 15 is 0 Å². The van der Waals surface area contributed by atoms with Gasteiger partial charge in [0.05, 0.1) is 0 Å². The van der Waals surface area contributed by atoms with E-state index in [0.29, 0.717) is 24.3 Å². The minimum atomic E-state index is -0.0124. The SMILES string of the molecule is O=C1CCc2cc(C(=O)NCC3CCSC3)ccc2N1. The molecule has 2 aliphatic rings. The fourth-order valence-corrected chi connectivity index (χ4v) is 3.89. The largest absolute Gasteiger partial charge is 0.352 e. The van der Waals surface area contributed by atoms with Gasteiger partial charge in [-0.1, -0.05) is 0 Å². The fourth-order valence-electron chi connectivity index (χ4n) is 2.61. The lowest BCUT2D eigenvalue weighted by molar-refractivity contribution is -0.116. The van der Waals surface area contributed by atoms with Crippen LogP contribution in [0.3, 0.4) is 0 Å². The van der Waals surface area contributed by atoms with E-state index in [1.54, 1.807) is 6.07 Å². The van der Waals surface area contributed by atoms with Crippen LogP contribution in [0.2, 0.25) is 0 Å². The zero-order chi connectivity index (χ0) is 13.9. The van der Waals surface area contributed by atoms with Crippen molar-refractivity contribution in [1.29, 1.82) is 0 Å². The smallest absolute Gasteiger partial charge is 0.251 e. The lowest BCUT2D eigenvalue weighted by atomic mass is 10.00. The first kappa shape index (κ1) is 13.5. The van der Waals surface area contributed by atoms with Crippen LogP contribution in [0.25, 0.3) is 0 Å². The number of rotatable bonds is 3. The molecular formula is C15H18N2O2S. The third-order valence-corrected chi connectivity index (χ3v) is 5.07. The van der Waals surface area contributed by atoms with E-state index in [-0.39, 0.29) is 11.8 Å². The molecule has 1 aromatic rings. The van der Waals surface area contributed by atoms with Crippen LogP contribution in [0, 0.1) is 5.92 Å². The third kappa shape index (κ3) is 2.98. The quantitative estimate of drug-likeness (QED) is 0.896. The van der Waals surface area contributed by atoms with E-state index in [0.717, 1.165) is 23.5 Å². The number of benzene rings is 1. The first-order valence-electron chi connectivity index (χ1n) is 7.01. The molecule has 4 nitrogen and oxygen atoms in total. The molecule has 1 atom stereocenters. The number of hydrogen-bond acceptors (Lipinski definition) is 3. The van der Waals surface area contributed by atoms with Crippen molar-refractivity contribution in [1.82, 2.24) is 5.32 Å². The Morgan fingerprint density at radius 3 is 3.10 bits per heavy atom. The monoisotopic (exact) mass is 290 g/mol. The second-order valence-corrected chi connectivity index (χ2v) is 6.51. The highest BCUT2D eigenvalue weighted by Crippen LogP contribution is 2.24. The van der Waals surface area contributed by atoms with Crippen molar-refractivity contribution < 1.29 is 9.59 Å². The van der Waals surface area contributed by atoms with Gasteiger partial charge in [0.2, 0.25) is 5.91 Å². The van der Waals surface area contributed by atoms with Crippen molar-refractivity contribution in [2.75, 3.05) is 23.4 Å². The number of hydrogen-bond donors (Lipinski definition) is 2. The Morgan fingerprint density at radius 1 is 1.40 bits per heavy atom. The Morgan fingerprint density at radius 2 is 2.30 bits per heavy atom. The first-order valence-corrected chi connectivity index (χ1v) is 8.16. The van der Waals surface area contributed by atoms with Gasteiger partial charge in [0, 0.05) is 24.2 Å². The highest BCUT2D eigenvalue weighted by Gasteiger charge is 2.19. The zero-order valence-electron chi connectivity index (χ0n) is 11.3. The van der Waals surface area contributed by atoms with E-state index in [2.05, 4.69) is 10.6 Å². The lowest BCUT2D eigenvalue weighted by Gasteiger charge is -2.17. The van der Waals surface area contributed by atoms with Gasteiger partial charge in [0.1, 0.15) is 0 Å². The molecule has 1 saturated heterocycles. The molecular weight excluding hydrogens is 272 g/mol. The van der Waals surface area contributed by atoms with Crippen LogP contribution in [0.1, 0.15) is 28.8 Å². The number of fused-ring (bicyclic) bond motifs is 1. The molecule has 0 radical (unpaired) electrons. The van der Waals surface area contributed by atoms with E-state index in [1.165, 1.54) is 12.2 Å². The summed E-state index contributed by atoms with van der Waals surface area (Å²) in [6, 6.07) is 5.50. The molecule has 106 valence electrons. The molecule has 20 heavy (non-hydrogen) atoms. The highest BCUT2D eigenvalue weighted by atomic mass is 32.2. The van der Waals surface area contributed by atoms with Crippen molar-refractivity contribution >= 4 is 29.3 Å². The summed E-state index contributed by atoms with van der Waals surface area (Å²) < 4.78 is 0. The van der Waals surface area contributed by atoms with Gasteiger partial charge in [0.25, 0.3) is 5.91 Å². The van der Waals surface area contributed by atoms with Gasteiger partial charge in [-0.2, -0.15) is 11.8 Å². The molecule has 3 rings (SSSR count). The molecule has 0 aliphatic carbocycles. The highest BCUT2D eigenvalue weighted by molar-refractivity contribution is 7.99. The number of carbonyl (C=O) groups excluding carboxylic acids is 2. The van der Waals surface area contributed by atoms with Gasteiger partial charge in [-0.15, -0.1) is 0 Å². The molecule has 1 aromatic carbocycles. The molecule has 2 N–H and O–H groups in total. The van der Waals surface area contributed by atoms with Crippen molar-refractivity contribution in [2.45, 2.75) is 19.3 Å². The number of amides is 2. The van der Waals surface area contributed by atoms with Gasteiger partial charge in [-0.25, -0.2) is 0 Å². The maximum atomic E-state index is 12.1. The second-order valence-electron chi connectivity index (χ2n) is 5.36. The van der Waals surface area contributed by atoms with Crippen LogP contribution in [0.15, 0.2) is 18.2 Å². The normalized spacial score (nSPS) is 21.2. The topological polar surface area (TPSA) is 58.2 Å². The first-order chi connectivity index (χ1) is 9.72. The van der Waals surface area contributed by atoms with Crippen LogP contribution in [-0.4, -0.2) is 29.9 Å². The summed E-state index contributed by atoms with van der Waals surface area (Å²) in [5.41, 5.74) is 2.57. The molecule has 0 spiro atoms. The standard InChI is InChI=1S/C15H18N2O2S/c18-14-4-2-11-7-12(1-3-13(11)17-14)15(19)16-8-10-5-6-20-9-10/h1,3,7,10H,2,4-6,8-9H2,(H,16,19)(H,17,18). The average molecular weight is 290 g/mol. The van der Waals surface area contributed by atoms with Crippen LogP contribution in [-0.2, 0) is 11.2 Å². The third-order valence-electron chi connectivity index (χ3n) is 3.84. The minimum absolute atomic E-state index is 0.0124. The van der Waals surface area contributed by atoms with Gasteiger partial charge in [-0.3, -0.25) is 9.59 Å². The number of nitrogens with one attached hydrogen (secondary N) is 2. The predicted molar refractivity (Wildman–Crippen MR) is 81.2 cm³/mol. The van der Waals surface area contributed by atoms with E-state index in [4.69, 9.17) is 0 Å². The maximum absolute atomic E-state index is 12.1. The van der Waals surface area contributed by atoms with Crippen molar-refractivity contribution in [3.63, 3.8) is 0 Å². The van der Waals surface area contributed by atoms with Gasteiger partial charge in [0.15, 0.2) is 0 Å².